The molecule has 0 aliphatic heterocycles. The topological polar surface area (TPSA) is 41.5 Å². The molecule has 0 radical (unpaired) electrons. The summed E-state index contributed by atoms with van der Waals surface area (Å²) in [7, 11) is 0. The Labute approximate surface area is 188 Å². The first kappa shape index (κ1) is 20.6. The van der Waals surface area contributed by atoms with E-state index in [0.29, 0.717) is 5.75 Å². The molecule has 30 heavy (non-hydrogen) atoms. The number of halogens is 1. The first-order valence-electron chi connectivity index (χ1n) is 9.65. The maximum Gasteiger partial charge on any atom is 0.250 e. The minimum absolute atomic E-state index is 0.124. The van der Waals surface area contributed by atoms with Gasteiger partial charge in [-0.1, -0.05) is 64.5 Å². The normalized spacial score (nSPS) is 11.4. The van der Waals surface area contributed by atoms with Crippen molar-refractivity contribution in [2.75, 3.05) is 5.75 Å². The highest BCUT2D eigenvalue weighted by Crippen LogP contribution is 2.29. The summed E-state index contributed by atoms with van der Waals surface area (Å²) in [5.41, 5.74) is 5.99. The molecule has 4 aromatic rings. The largest absolute Gasteiger partial charge is 0.272 e. The van der Waals surface area contributed by atoms with Crippen LogP contribution in [-0.4, -0.2) is 17.9 Å². The summed E-state index contributed by atoms with van der Waals surface area (Å²) in [5, 5.41) is 8.80. The van der Waals surface area contributed by atoms with E-state index >= 15 is 0 Å². The summed E-state index contributed by atoms with van der Waals surface area (Å²) in [4.78, 5) is 13.4. The lowest BCUT2D eigenvalue weighted by Gasteiger charge is -2.09. The van der Waals surface area contributed by atoms with E-state index in [0.717, 1.165) is 47.6 Å². The first-order valence-corrected chi connectivity index (χ1v) is 11.4. The van der Waals surface area contributed by atoms with Gasteiger partial charge in [-0.05, 0) is 64.7 Å². The molecule has 0 saturated carbocycles. The Morgan fingerprint density at radius 1 is 0.967 bits per heavy atom. The minimum Gasteiger partial charge on any atom is -0.272 e. The van der Waals surface area contributed by atoms with Gasteiger partial charge in [0.05, 0.1) is 12.0 Å². The van der Waals surface area contributed by atoms with Crippen LogP contribution in [0.2, 0.25) is 0 Å². The molecule has 0 atom stereocenters. The third kappa shape index (κ3) is 4.42. The van der Waals surface area contributed by atoms with Crippen LogP contribution in [-0.2, 0) is 4.79 Å². The molecule has 150 valence electrons. The number of hydrazone groups is 1. The lowest BCUT2D eigenvalue weighted by atomic mass is 9.97. The van der Waals surface area contributed by atoms with Crippen LogP contribution in [0.1, 0.15) is 16.7 Å². The zero-order valence-corrected chi connectivity index (χ0v) is 19.2. The summed E-state index contributed by atoms with van der Waals surface area (Å²) in [6.07, 6.45) is 1.75. The Morgan fingerprint density at radius 2 is 1.60 bits per heavy atom. The summed E-state index contributed by atoms with van der Waals surface area (Å²) < 4.78 is 1.08. The molecule has 0 aliphatic rings. The number of thioether (sulfide) groups is 1. The second-order valence-electron chi connectivity index (χ2n) is 7.18. The van der Waals surface area contributed by atoms with Crippen molar-refractivity contribution in [2.45, 2.75) is 18.7 Å². The zero-order chi connectivity index (χ0) is 21.1. The van der Waals surface area contributed by atoms with Crippen molar-refractivity contribution >= 4 is 61.4 Å². The van der Waals surface area contributed by atoms with E-state index in [4.69, 9.17) is 0 Å². The highest BCUT2D eigenvalue weighted by molar-refractivity contribution is 9.10. The SMILES string of the molecule is Cc1cc(SCC(=O)NN=Cc2c3ccccc3cc3ccccc23)c(C)cc1Br. The average Bonchev–Trinajstić information content (AvgIpc) is 2.75. The van der Waals surface area contributed by atoms with Gasteiger partial charge in [0.15, 0.2) is 0 Å². The lowest BCUT2D eigenvalue weighted by molar-refractivity contribution is -0.118. The second kappa shape index (κ2) is 9.02. The molecule has 1 amide bonds. The van der Waals surface area contributed by atoms with E-state index in [1.807, 2.05) is 38.1 Å². The first-order chi connectivity index (χ1) is 14.5. The van der Waals surface area contributed by atoms with Crippen LogP contribution in [0.4, 0.5) is 0 Å². The van der Waals surface area contributed by atoms with Crippen molar-refractivity contribution in [3.8, 4) is 0 Å². The van der Waals surface area contributed by atoms with Crippen LogP contribution in [0.5, 0.6) is 0 Å². The number of amides is 1. The monoisotopic (exact) mass is 476 g/mol. The van der Waals surface area contributed by atoms with Gasteiger partial charge in [0.1, 0.15) is 0 Å². The summed E-state index contributed by atoms with van der Waals surface area (Å²) in [6, 6.07) is 22.8. The van der Waals surface area contributed by atoms with Crippen molar-refractivity contribution in [3.05, 3.63) is 87.9 Å². The molecule has 0 aromatic heterocycles. The molecule has 4 rings (SSSR count). The number of hydrogen-bond donors (Lipinski definition) is 1. The smallest absolute Gasteiger partial charge is 0.250 e. The van der Waals surface area contributed by atoms with Gasteiger partial charge in [-0.15, -0.1) is 11.8 Å². The van der Waals surface area contributed by atoms with E-state index in [-0.39, 0.29) is 5.91 Å². The molecule has 0 saturated heterocycles. The predicted octanol–water partition coefficient (Wildman–Crippen LogP) is 6.61. The van der Waals surface area contributed by atoms with Crippen LogP contribution in [0.25, 0.3) is 21.5 Å². The van der Waals surface area contributed by atoms with Gasteiger partial charge >= 0.3 is 0 Å². The molecule has 3 nitrogen and oxygen atoms in total. The number of benzene rings is 4. The van der Waals surface area contributed by atoms with Crippen molar-refractivity contribution in [3.63, 3.8) is 0 Å². The van der Waals surface area contributed by atoms with E-state index in [2.05, 4.69) is 68.9 Å². The highest BCUT2D eigenvalue weighted by Gasteiger charge is 2.08. The quantitative estimate of drug-likeness (QED) is 0.152. The number of carbonyl (C=O) groups is 1. The summed E-state index contributed by atoms with van der Waals surface area (Å²) in [5.74, 6) is 0.191. The van der Waals surface area contributed by atoms with Crippen molar-refractivity contribution in [1.29, 1.82) is 0 Å². The van der Waals surface area contributed by atoms with Crippen molar-refractivity contribution < 1.29 is 4.79 Å². The molecule has 0 bridgehead atoms. The minimum atomic E-state index is -0.124. The Morgan fingerprint density at radius 3 is 2.27 bits per heavy atom. The van der Waals surface area contributed by atoms with Crippen LogP contribution in [0, 0.1) is 13.8 Å². The van der Waals surface area contributed by atoms with E-state index in [1.165, 1.54) is 11.8 Å². The average molecular weight is 477 g/mol. The van der Waals surface area contributed by atoms with Crippen LogP contribution in [0.15, 0.2) is 81.2 Å². The fourth-order valence-corrected chi connectivity index (χ4v) is 4.80. The molecule has 4 aromatic carbocycles. The highest BCUT2D eigenvalue weighted by atomic mass is 79.9. The molecule has 0 fully saturated rings. The van der Waals surface area contributed by atoms with Crippen molar-refractivity contribution in [1.82, 2.24) is 5.43 Å². The fraction of sp³-hybridized carbons (Fsp3) is 0.120. The fourth-order valence-electron chi connectivity index (χ4n) is 3.44. The zero-order valence-electron chi connectivity index (χ0n) is 16.8. The lowest BCUT2D eigenvalue weighted by Crippen LogP contribution is -2.19. The Kier molecular flexibility index (Phi) is 6.21. The Hall–Kier alpha value is -2.63. The predicted molar refractivity (Wildman–Crippen MR) is 132 cm³/mol. The molecule has 0 spiro atoms. The Balaban J connectivity index is 1.51. The summed E-state index contributed by atoms with van der Waals surface area (Å²) in [6.45, 7) is 4.10. The Bertz CT molecular complexity index is 1230. The maximum atomic E-state index is 12.3. The molecule has 0 aliphatic carbocycles. The molecule has 0 unspecified atom stereocenters. The van der Waals surface area contributed by atoms with E-state index < -0.39 is 0 Å². The molecular formula is C25H21BrN2OS. The van der Waals surface area contributed by atoms with E-state index in [9.17, 15) is 4.79 Å². The van der Waals surface area contributed by atoms with Gasteiger partial charge in [0, 0.05) is 14.9 Å². The van der Waals surface area contributed by atoms with Crippen molar-refractivity contribution in [2.24, 2.45) is 5.10 Å². The van der Waals surface area contributed by atoms with Gasteiger partial charge in [-0.25, -0.2) is 5.43 Å². The standard InChI is InChI=1S/C25H21BrN2OS/c1-16-12-24(17(2)11-23(16)26)30-15-25(29)28-27-14-22-20-9-5-3-7-18(20)13-19-8-4-6-10-21(19)22/h3-14H,15H2,1-2H3,(H,28,29). The number of nitrogens with zero attached hydrogens (tertiary/aromatic N) is 1. The number of rotatable bonds is 5. The number of nitrogens with one attached hydrogen (secondary N) is 1. The maximum absolute atomic E-state index is 12.3. The van der Waals surface area contributed by atoms with Crippen LogP contribution in [0.3, 0.4) is 0 Å². The molecule has 0 heterocycles. The van der Waals surface area contributed by atoms with Gasteiger partial charge < -0.3 is 0 Å². The van der Waals surface area contributed by atoms with Crippen LogP contribution >= 0.6 is 27.7 Å². The van der Waals surface area contributed by atoms with Gasteiger partial charge in [0.2, 0.25) is 5.91 Å². The van der Waals surface area contributed by atoms with E-state index in [1.54, 1.807) is 6.21 Å². The third-order valence-electron chi connectivity index (χ3n) is 5.01. The second-order valence-corrected chi connectivity index (χ2v) is 9.05. The molecule has 1 N–H and O–H groups in total. The van der Waals surface area contributed by atoms with Crippen LogP contribution < -0.4 is 5.43 Å². The van der Waals surface area contributed by atoms with Gasteiger partial charge in [-0.2, -0.15) is 5.10 Å². The number of aryl methyl sites for hydroxylation is 2. The number of carbonyl (C=O) groups excluding carboxylic acids is 1. The number of fused-ring (bicyclic) bond motifs is 2. The molecule has 5 heteroatoms. The number of hydrogen-bond acceptors (Lipinski definition) is 3. The van der Waals surface area contributed by atoms with Gasteiger partial charge in [0.25, 0.3) is 0 Å². The van der Waals surface area contributed by atoms with Gasteiger partial charge in [-0.3, -0.25) is 4.79 Å². The third-order valence-corrected chi connectivity index (χ3v) is 7.02. The summed E-state index contributed by atoms with van der Waals surface area (Å²) >= 11 is 5.07. The molecular weight excluding hydrogens is 456 g/mol.